The van der Waals surface area contributed by atoms with Crippen molar-refractivity contribution in [2.24, 2.45) is 0 Å². The fourth-order valence-electron chi connectivity index (χ4n) is 3.71. The number of nitrogens with zero attached hydrogens (tertiary/aromatic N) is 2. The van der Waals surface area contributed by atoms with Crippen LogP contribution in [0.15, 0.2) is 48.5 Å². The number of hydrogen-bond donors (Lipinski definition) is 1. The van der Waals surface area contributed by atoms with Crippen LogP contribution in [0.3, 0.4) is 0 Å². The molecule has 1 unspecified atom stereocenters. The smallest absolute Gasteiger partial charge is 0.224 e. The van der Waals surface area contributed by atoms with Crippen molar-refractivity contribution in [2.75, 3.05) is 46.4 Å². The summed E-state index contributed by atoms with van der Waals surface area (Å²) in [5.74, 6) is 0.895. The Labute approximate surface area is 174 Å². The Morgan fingerprint density at radius 2 is 1.69 bits per heavy atom. The summed E-state index contributed by atoms with van der Waals surface area (Å²) in [4.78, 5) is 17.4. The highest BCUT2D eigenvalue weighted by Crippen LogP contribution is 2.22. The standard InChI is InChI=1S/C24H33N3O2/c1-4-29-22-11-7-20(8-12-22)17-24(28)25-18-23(21-9-5-19(2)6-10-21)27-15-13-26(3)14-16-27/h5-12,23H,4,13-18H2,1-3H3,(H,25,28). The van der Waals surface area contributed by atoms with Crippen molar-refractivity contribution in [3.8, 4) is 5.75 Å². The summed E-state index contributed by atoms with van der Waals surface area (Å²) in [6.07, 6.45) is 0.385. The third kappa shape index (κ3) is 6.31. The van der Waals surface area contributed by atoms with Gasteiger partial charge in [0.25, 0.3) is 0 Å². The van der Waals surface area contributed by atoms with Crippen LogP contribution in [0.25, 0.3) is 0 Å². The zero-order valence-corrected chi connectivity index (χ0v) is 17.9. The Bertz CT molecular complexity index is 766. The molecule has 1 amide bonds. The Morgan fingerprint density at radius 3 is 2.31 bits per heavy atom. The van der Waals surface area contributed by atoms with Crippen molar-refractivity contribution in [2.45, 2.75) is 26.3 Å². The first kappa shape index (κ1) is 21.3. The van der Waals surface area contributed by atoms with Crippen LogP contribution in [0.4, 0.5) is 0 Å². The number of benzene rings is 2. The molecule has 156 valence electrons. The van der Waals surface area contributed by atoms with Gasteiger partial charge in [0.05, 0.1) is 19.1 Å². The van der Waals surface area contributed by atoms with Gasteiger partial charge in [0.2, 0.25) is 5.91 Å². The van der Waals surface area contributed by atoms with Crippen LogP contribution < -0.4 is 10.1 Å². The molecule has 3 rings (SSSR count). The van der Waals surface area contributed by atoms with Crippen LogP contribution in [0.2, 0.25) is 0 Å². The van der Waals surface area contributed by atoms with Gasteiger partial charge in [-0.05, 0) is 44.2 Å². The molecule has 5 nitrogen and oxygen atoms in total. The lowest BCUT2D eigenvalue weighted by atomic mass is 10.0. The number of amides is 1. The number of aryl methyl sites for hydroxylation is 1. The van der Waals surface area contributed by atoms with Crippen molar-refractivity contribution < 1.29 is 9.53 Å². The number of rotatable bonds is 8. The lowest BCUT2D eigenvalue weighted by Gasteiger charge is -2.38. The Kier molecular flexibility index (Phi) is 7.67. The molecule has 0 bridgehead atoms. The molecular weight excluding hydrogens is 362 g/mol. The van der Waals surface area contributed by atoms with Gasteiger partial charge in [-0.2, -0.15) is 0 Å². The Balaban J connectivity index is 1.61. The second kappa shape index (κ2) is 10.4. The molecule has 0 radical (unpaired) electrons. The van der Waals surface area contributed by atoms with Gasteiger partial charge in [-0.1, -0.05) is 42.0 Å². The van der Waals surface area contributed by atoms with E-state index in [0.29, 0.717) is 19.6 Å². The fraction of sp³-hybridized carbons (Fsp3) is 0.458. The number of hydrogen-bond acceptors (Lipinski definition) is 4. The van der Waals surface area contributed by atoms with E-state index >= 15 is 0 Å². The summed E-state index contributed by atoms with van der Waals surface area (Å²) in [6.45, 7) is 9.49. The minimum Gasteiger partial charge on any atom is -0.494 e. The van der Waals surface area contributed by atoms with Crippen LogP contribution >= 0.6 is 0 Å². The van der Waals surface area contributed by atoms with Crippen LogP contribution in [0, 0.1) is 6.92 Å². The van der Waals surface area contributed by atoms with E-state index in [2.05, 4.69) is 53.4 Å². The lowest BCUT2D eigenvalue weighted by Crippen LogP contribution is -2.48. The van der Waals surface area contributed by atoms with Gasteiger partial charge in [0, 0.05) is 32.7 Å². The van der Waals surface area contributed by atoms with E-state index in [0.717, 1.165) is 37.5 Å². The van der Waals surface area contributed by atoms with Crippen LogP contribution in [-0.2, 0) is 11.2 Å². The summed E-state index contributed by atoms with van der Waals surface area (Å²) in [5, 5.41) is 3.17. The van der Waals surface area contributed by atoms with Crippen molar-refractivity contribution in [3.63, 3.8) is 0 Å². The first-order valence-electron chi connectivity index (χ1n) is 10.5. The number of likely N-dealkylation sites (N-methyl/N-ethyl adjacent to an activating group) is 1. The molecule has 1 aliphatic heterocycles. The van der Waals surface area contributed by atoms with Gasteiger partial charge in [-0.3, -0.25) is 9.69 Å². The molecule has 0 spiro atoms. The average molecular weight is 396 g/mol. The SMILES string of the molecule is CCOc1ccc(CC(=O)NCC(c2ccc(C)cc2)N2CCN(C)CC2)cc1. The van der Waals surface area contributed by atoms with Crippen LogP contribution in [0.5, 0.6) is 5.75 Å². The van der Waals surface area contributed by atoms with Gasteiger partial charge in [0.15, 0.2) is 0 Å². The highest BCUT2D eigenvalue weighted by Gasteiger charge is 2.24. The van der Waals surface area contributed by atoms with Gasteiger partial charge in [-0.15, -0.1) is 0 Å². The van der Waals surface area contributed by atoms with E-state index in [4.69, 9.17) is 4.74 Å². The molecule has 1 aliphatic rings. The van der Waals surface area contributed by atoms with E-state index in [1.807, 2.05) is 31.2 Å². The number of nitrogens with one attached hydrogen (secondary N) is 1. The van der Waals surface area contributed by atoms with E-state index in [9.17, 15) is 4.79 Å². The zero-order valence-electron chi connectivity index (χ0n) is 17.9. The maximum Gasteiger partial charge on any atom is 0.224 e. The Morgan fingerprint density at radius 1 is 1.03 bits per heavy atom. The quantitative estimate of drug-likeness (QED) is 0.746. The van der Waals surface area contributed by atoms with Gasteiger partial charge in [0.1, 0.15) is 5.75 Å². The first-order chi connectivity index (χ1) is 14.0. The summed E-state index contributed by atoms with van der Waals surface area (Å²) in [6, 6.07) is 16.7. The zero-order chi connectivity index (χ0) is 20.6. The molecule has 0 saturated carbocycles. The summed E-state index contributed by atoms with van der Waals surface area (Å²) < 4.78 is 5.47. The second-order valence-corrected chi connectivity index (χ2v) is 7.82. The monoisotopic (exact) mass is 395 g/mol. The van der Waals surface area contributed by atoms with Crippen LogP contribution in [0.1, 0.15) is 29.7 Å². The molecule has 5 heteroatoms. The van der Waals surface area contributed by atoms with E-state index in [1.54, 1.807) is 0 Å². The summed E-state index contributed by atoms with van der Waals surface area (Å²) >= 11 is 0. The van der Waals surface area contributed by atoms with Crippen molar-refractivity contribution >= 4 is 5.91 Å². The molecule has 1 saturated heterocycles. The van der Waals surface area contributed by atoms with Crippen molar-refractivity contribution in [1.29, 1.82) is 0 Å². The highest BCUT2D eigenvalue weighted by atomic mass is 16.5. The first-order valence-corrected chi connectivity index (χ1v) is 10.5. The van der Waals surface area contributed by atoms with Gasteiger partial charge >= 0.3 is 0 Å². The molecular formula is C24H33N3O2. The van der Waals surface area contributed by atoms with Crippen molar-refractivity contribution in [1.82, 2.24) is 15.1 Å². The van der Waals surface area contributed by atoms with Crippen molar-refractivity contribution in [3.05, 3.63) is 65.2 Å². The molecule has 0 aliphatic carbocycles. The van der Waals surface area contributed by atoms with E-state index in [-0.39, 0.29) is 11.9 Å². The molecule has 1 N–H and O–H groups in total. The van der Waals surface area contributed by atoms with E-state index < -0.39 is 0 Å². The fourth-order valence-corrected chi connectivity index (χ4v) is 3.71. The molecule has 29 heavy (non-hydrogen) atoms. The number of piperazine rings is 1. The predicted octanol–water partition coefficient (Wildman–Crippen LogP) is 3.04. The van der Waals surface area contributed by atoms with Gasteiger partial charge in [-0.25, -0.2) is 0 Å². The third-order valence-electron chi connectivity index (χ3n) is 5.53. The topological polar surface area (TPSA) is 44.8 Å². The maximum absolute atomic E-state index is 12.6. The molecule has 1 fully saturated rings. The minimum absolute atomic E-state index is 0.0559. The lowest BCUT2D eigenvalue weighted by molar-refractivity contribution is -0.120. The Hall–Kier alpha value is -2.37. The number of carbonyl (C=O) groups excluding carboxylic acids is 1. The van der Waals surface area contributed by atoms with E-state index in [1.165, 1.54) is 11.1 Å². The molecule has 1 heterocycles. The average Bonchev–Trinajstić information content (AvgIpc) is 2.72. The second-order valence-electron chi connectivity index (χ2n) is 7.82. The maximum atomic E-state index is 12.6. The molecule has 1 atom stereocenters. The number of ether oxygens (including phenoxy) is 1. The number of carbonyl (C=O) groups is 1. The minimum atomic E-state index is 0.0559. The summed E-state index contributed by atoms with van der Waals surface area (Å²) in [7, 11) is 2.16. The normalized spacial score (nSPS) is 16.4. The molecule has 2 aromatic rings. The third-order valence-corrected chi connectivity index (χ3v) is 5.53. The van der Waals surface area contributed by atoms with Gasteiger partial charge < -0.3 is 15.0 Å². The summed E-state index contributed by atoms with van der Waals surface area (Å²) in [5.41, 5.74) is 3.52. The molecule has 0 aromatic heterocycles. The largest absolute Gasteiger partial charge is 0.494 e. The van der Waals surface area contributed by atoms with Crippen LogP contribution in [-0.4, -0.2) is 62.1 Å². The molecule has 2 aromatic carbocycles. The predicted molar refractivity (Wildman–Crippen MR) is 117 cm³/mol. The highest BCUT2D eigenvalue weighted by molar-refractivity contribution is 5.78.